The van der Waals surface area contributed by atoms with Crippen LogP contribution in [0, 0.1) is 0 Å². The molecule has 0 atom stereocenters. The number of hydrogen-bond acceptors (Lipinski definition) is 3. The molecule has 0 unspecified atom stereocenters. The average molecular weight is 161 g/mol. The molecule has 0 spiro atoms. The van der Waals surface area contributed by atoms with E-state index in [2.05, 4.69) is 0 Å². The Labute approximate surface area is 63.9 Å². The summed E-state index contributed by atoms with van der Waals surface area (Å²) in [4.78, 5) is 11.5. The number of carboxylic acid groups (broad SMARTS) is 1. The first kappa shape index (κ1) is 8.29. The zero-order chi connectivity index (χ0) is 8.48. The quantitative estimate of drug-likeness (QED) is 0.416. The highest BCUT2D eigenvalue weighted by molar-refractivity contribution is 5.65. The minimum atomic E-state index is -1.66. The van der Waals surface area contributed by atoms with E-state index in [1.54, 1.807) is 0 Å². The van der Waals surface area contributed by atoms with Gasteiger partial charge in [-0.15, -0.1) is 0 Å². The molecule has 1 aliphatic rings. The van der Waals surface area contributed by atoms with Crippen molar-refractivity contribution in [1.82, 2.24) is 4.90 Å². The predicted octanol–water partition coefficient (Wildman–Crippen LogP) is -0.559. The van der Waals surface area contributed by atoms with Gasteiger partial charge in [0.2, 0.25) is 0 Å². The van der Waals surface area contributed by atoms with Gasteiger partial charge >= 0.3 is 6.09 Å². The van der Waals surface area contributed by atoms with Crippen LogP contribution in [0.2, 0.25) is 0 Å². The summed E-state index contributed by atoms with van der Waals surface area (Å²) in [6, 6.07) is 0. The molecule has 0 saturated carbocycles. The molecule has 0 aromatic rings. The van der Waals surface area contributed by atoms with E-state index in [9.17, 15) is 4.79 Å². The van der Waals surface area contributed by atoms with Crippen LogP contribution in [0.5, 0.6) is 0 Å². The zero-order valence-electron chi connectivity index (χ0n) is 6.03. The van der Waals surface area contributed by atoms with E-state index in [0.717, 1.165) is 0 Å². The van der Waals surface area contributed by atoms with Gasteiger partial charge in [-0.25, -0.2) is 4.79 Å². The molecular formula is C6H11NO4. The lowest BCUT2D eigenvalue weighted by molar-refractivity contribution is -0.185. The number of piperidine rings is 1. The molecule has 1 fully saturated rings. The molecule has 1 amide bonds. The van der Waals surface area contributed by atoms with Crippen molar-refractivity contribution in [1.29, 1.82) is 0 Å². The van der Waals surface area contributed by atoms with E-state index in [0.29, 0.717) is 0 Å². The van der Waals surface area contributed by atoms with Gasteiger partial charge in [0.25, 0.3) is 0 Å². The molecule has 5 nitrogen and oxygen atoms in total. The highest BCUT2D eigenvalue weighted by Crippen LogP contribution is 2.18. The van der Waals surface area contributed by atoms with Gasteiger partial charge in [-0.1, -0.05) is 0 Å². The Morgan fingerprint density at radius 2 is 1.73 bits per heavy atom. The second kappa shape index (κ2) is 2.67. The number of nitrogens with zero attached hydrogens (tertiary/aromatic N) is 1. The SMILES string of the molecule is O=C(O)N1CCC(O)(O)CC1. The Morgan fingerprint density at radius 1 is 1.27 bits per heavy atom. The Bertz CT molecular complexity index is 158. The van der Waals surface area contributed by atoms with Gasteiger partial charge in [0.1, 0.15) is 0 Å². The third kappa shape index (κ3) is 2.06. The lowest BCUT2D eigenvalue weighted by Crippen LogP contribution is -2.46. The van der Waals surface area contributed by atoms with Gasteiger partial charge in [0.05, 0.1) is 0 Å². The van der Waals surface area contributed by atoms with Crippen molar-refractivity contribution in [2.24, 2.45) is 0 Å². The second-order valence-electron chi connectivity index (χ2n) is 2.75. The standard InChI is InChI=1S/C6H11NO4/c8-5(9)7-3-1-6(10,11)2-4-7/h10-11H,1-4H2,(H,8,9). The van der Waals surface area contributed by atoms with Crippen LogP contribution in [-0.2, 0) is 0 Å². The molecule has 0 aromatic carbocycles. The Balaban J connectivity index is 2.42. The van der Waals surface area contributed by atoms with Gasteiger partial charge in [-0.05, 0) is 0 Å². The Kier molecular flexibility index (Phi) is 2.01. The van der Waals surface area contributed by atoms with E-state index < -0.39 is 11.9 Å². The van der Waals surface area contributed by atoms with E-state index in [4.69, 9.17) is 15.3 Å². The molecule has 5 heteroatoms. The van der Waals surface area contributed by atoms with Crippen molar-refractivity contribution < 1.29 is 20.1 Å². The van der Waals surface area contributed by atoms with Gasteiger partial charge in [0.15, 0.2) is 5.79 Å². The lowest BCUT2D eigenvalue weighted by atomic mass is 10.1. The van der Waals surface area contributed by atoms with E-state index >= 15 is 0 Å². The fourth-order valence-corrected chi connectivity index (χ4v) is 1.06. The molecule has 1 aliphatic heterocycles. The van der Waals surface area contributed by atoms with Gasteiger partial charge in [-0.3, -0.25) is 0 Å². The van der Waals surface area contributed by atoms with Crippen LogP contribution in [0.3, 0.4) is 0 Å². The molecule has 1 heterocycles. The summed E-state index contributed by atoms with van der Waals surface area (Å²) in [5.74, 6) is -1.66. The normalized spacial score (nSPS) is 23.3. The smallest absolute Gasteiger partial charge is 0.407 e. The minimum absolute atomic E-state index is 0.0965. The molecule has 0 aromatic heterocycles. The van der Waals surface area contributed by atoms with Crippen molar-refractivity contribution in [3.8, 4) is 0 Å². The Morgan fingerprint density at radius 3 is 2.09 bits per heavy atom. The fourth-order valence-electron chi connectivity index (χ4n) is 1.06. The molecular weight excluding hydrogens is 150 g/mol. The molecule has 3 N–H and O–H groups in total. The largest absolute Gasteiger partial charge is 0.465 e. The first-order valence-electron chi connectivity index (χ1n) is 3.44. The van der Waals surface area contributed by atoms with Gasteiger partial charge < -0.3 is 20.2 Å². The molecule has 0 radical (unpaired) electrons. The van der Waals surface area contributed by atoms with Crippen molar-refractivity contribution in [2.45, 2.75) is 18.6 Å². The summed E-state index contributed by atoms with van der Waals surface area (Å²) in [5, 5.41) is 26.5. The predicted molar refractivity (Wildman–Crippen MR) is 36.0 cm³/mol. The summed E-state index contributed by atoms with van der Waals surface area (Å²) in [6.45, 7) is 0.394. The number of likely N-dealkylation sites (tertiary alicyclic amines) is 1. The number of rotatable bonds is 0. The first-order chi connectivity index (χ1) is 5.01. The zero-order valence-corrected chi connectivity index (χ0v) is 6.03. The Hall–Kier alpha value is -0.810. The summed E-state index contributed by atoms with van der Waals surface area (Å²) >= 11 is 0. The summed E-state index contributed by atoms with van der Waals surface area (Å²) in [5.41, 5.74) is 0. The first-order valence-corrected chi connectivity index (χ1v) is 3.44. The molecule has 0 bridgehead atoms. The van der Waals surface area contributed by atoms with Crippen LogP contribution in [-0.4, -0.2) is 45.2 Å². The maximum absolute atomic E-state index is 10.3. The number of amides is 1. The van der Waals surface area contributed by atoms with Crippen LogP contribution >= 0.6 is 0 Å². The summed E-state index contributed by atoms with van der Waals surface area (Å²) in [6.07, 6.45) is -0.806. The number of aliphatic hydroxyl groups is 2. The third-order valence-corrected chi connectivity index (χ3v) is 1.83. The number of hydrogen-bond donors (Lipinski definition) is 3. The number of carbonyl (C=O) groups is 1. The van der Waals surface area contributed by atoms with Crippen LogP contribution in [0.25, 0.3) is 0 Å². The van der Waals surface area contributed by atoms with Crippen LogP contribution < -0.4 is 0 Å². The van der Waals surface area contributed by atoms with E-state index in [1.807, 2.05) is 0 Å². The third-order valence-electron chi connectivity index (χ3n) is 1.83. The summed E-state index contributed by atoms with van der Waals surface area (Å²) in [7, 11) is 0. The van der Waals surface area contributed by atoms with Gasteiger partial charge in [0, 0.05) is 25.9 Å². The van der Waals surface area contributed by atoms with Gasteiger partial charge in [-0.2, -0.15) is 0 Å². The van der Waals surface area contributed by atoms with Crippen LogP contribution in [0.15, 0.2) is 0 Å². The van der Waals surface area contributed by atoms with Crippen molar-refractivity contribution in [3.05, 3.63) is 0 Å². The van der Waals surface area contributed by atoms with Crippen molar-refractivity contribution in [3.63, 3.8) is 0 Å². The molecule has 64 valence electrons. The second-order valence-corrected chi connectivity index (χ2v) is 2.75. The summed E-state index contributed by atoms with van der Waals surface area (Å²) < 4.78 is 0. The maximum atomic E-state index is 10.3. The maximum Gasteiger partial charge on any atom is 0.407 e. The highest BCUT2D eigenvalue weighted by Gasteiger charge is 2.31. The van der Waals surface area contributed by atoms with E-state index in [-0.39, 0.29) is 25.9 Å². The molecule has 1 rings (SSSR count). The topological polar surface area (TPSA) is 81.0 Å². The average Bonchev–Trinajstić information content (AvgIpc) is 1.86. The fraction of sp³-hybridized carbons (Fsp3) is 0.833. The monoisotopic (exact) mass is 161 g/mol. The molecule has 11 heavy (non-hydrogen) atoms. The van der Waals surface area contributed by atoms with Crippen LogP contribution in [0.4, 0.5) is 4.79 Å². The lowest BCUT2D eigenvalue weighted by Gasteiger charge is -2.32. The highest BCUT2D eigenvalue weighted by atomic mass is 16.5. The van der Waals surface area contributed by atoms with Crippen LogP contribution in [0.1, 0.15) is 12.8 Å². The van der Waals surface area contributed by atoms with E-state index in [1.165, 1.54) is 4.90 Å². The van der Waals surface area contributed by atoms with Crippen molar-refractivity contribution >= 4 is 6.09 Å². The molecule has 1 saturated heterocycles. The minimum Gasteiger partial charge on any atom is -0.465 e. The molecule has 0 aliphatic carbocycles. The van der Waals surface area contributed by atoms with Crippen molar-refractivity contribution in [2.75, 3.05) is 13.1 Å².